The fourth-order valence-electron chi connectivity index (χ4n) is 0.843. The van der Waals surface area contributed by atoms with E-state index < -0.39 is 37.7 Å². The van der Waals surface area contributed by atoms with Crippen LogP contribution in [0.1, 0.15) is 0 Å². The topological polar surface area (TPSA) is 82.3 Å². The third-order valence-electron chi connectivity index (χ3n) is 1.45. The van der Waals surface area contributed by atoms with Gasteiger partial charge in [-0.2, -0.15) is 0 Å². The first-order chi connectivity index (χ1) is 7.52. The lowest BCUT2D eigenvalue weighted by atomic mass is 10.4. The van der Waals surface area contributed by atoms with Gasteiger partial charge in [0.15, 0.2) is 11.6 Å². The third kappa shape index (κ3) is 3.33. The lowest BCUT2D eigenvalue weighted by Gasteiger charge is -2.11. The monoisotopic (exact) mass is 294 g/mol. The number of hydrogen-bond acceptors (Lipinski definition) is 5. The van der Waals surface area contributed by atoms with E-state index in [0.29, 0.717) is 6.20 Å². The Morgan fingerprint density at radius 1 is 1.41 bits per heavy atom. The summed E-state index contributed by atoms with van der Waals surface area (Å²) in [6, 6.07) is 0. The van der Waals surface area contributed by atoms with E-state index in [9.17, 15) is 26.0 Å². The Hall–Kier alpha value is -1.29. The fraction of sp³-hybridized carbons (Fsp3) is 0.167. The molecule has 1 aromatic heterocycles. The van der Waals surface area contributed by atoms with E-state index in [4.69, 9.17) is 16.4 Å². The lowest BCUT2D eigenvalue weighted by Crippen LogP contribution is -2.19. The molecule has 0 atom stereocenters. The number of rotatable bonds is 2. The van der Waals surface area contributed by atoms with Gasteiger partial charge < -0.3 is 10.5 Å². The molecule has 0 aromatic carbocycles. The van der Waals surface area contributed by atoms with Gasteiger partial charge in [0.05, 0.1) is 6.20 Å². The molecule has 0 bridgehead atoms. The second-order valence-corrected chi connectivity index (χ2v) is 5.12. The maximum absolute atomic E-state index is 13.2. The maximum Gasteiger partial charge on any atom is 0.573 e. The smallest absolute Gasteiger partial charge is 0.402 e. The molecule has 17 heavy (non-hydrogen) atoms. The Morgan fingerprint density at radius 3 is 2.35 bits per heavy atom. The van der Waals surface area contributed by atoms with Crippen molar-refractivity contribution in [3.63, 3.8) is 0 Å². The first-order valence-corrected chi connectivity index (χ1v) is 5.97. The first kappa shape index (κ1) is 13.8. The summed E-state index contributed by atoms with van der Waals surface area (Å²) in [6.45, 7) is 0. The molecule has 0 radical (unpaired) electrons. The van der Waals surface area contributed by atoms with Gasteiger partial charge in [0.25, 0.3) is 9.05 Å². The van der Waals surface area contributed by atoms with Gasteiger partial charge in [0.2, 0.25) is 5.03 Å². The molecule has 0 saturated heterocycles. The van der Waals surface area contributed by atoms with Crippen LogP contribution in [0, 0.1) is 5.82 Å². The van der Waals surface area contributed by atoms with Gasteiger partial charge in [0.1, 0.15) is 5.69 Å². The van der Waals surface area contributed by atoms with Crippen LogP contribution < -0.4 is 10.5 Å². The van der Waals surface area contributed by atoms with Crippen LogP contribution in [-0.2, 0) is 9.05 Å². The Bertz CT molecular complexity index is 545. The Morgan fingerprint density at radius 2 is 1.94 bits per heavy atom. The van der Waals surface area contributed by atoms with Gasteiger partial charge in [0, 0.05) is 10.7 Å². The highest BCUT2D eigenvalue weighted by molar-refractivity contribution is 8.13. The van der Waals surface area contributed by atoms with Gasteiger partial charge in [-0.15, -0.1) is 13.2 Å². The van der Waals surface area contributed by atoms with Crippen LogP contribution in [0.5, 0.6) is 5.75 Å². The lowest BCUT2D eigenvalue weighted by molar-refractivity contribution is -0.274. The summed E-state index contributed by atoms with van der Waals surface area (Å²) in [5.41, 5.74) is 3.77. The number of nitrogens with two attached hydrogens (primary N) is 1. The second kappa shape index (κ2) is 4.18. The summed E-state index contributed by atoms with van der Waals surface area (Å²) in [4.78, 5) is 2.89. The van der Waals surface area contributed by atoms with Gasteiger partial charge in [-0.25, -0.2) is 17.8 Å². The van der Waals surface area contributed by atoms with E-state index in [-0.39, 0.29) is 0 Å². The van der Waals surface area contributed by atoms with Crippen LogP contribution >= 0.6 is 10.7 Å². The minimum absolute atomic E-state index is 0.307. The molecule has 0 aliphatic rings. The zero-order valence-corrected chi connectivity index (χ0v) is 9.20. The normalized spacial score (nSPS) is 12.5. The molecule has 0 aliphatic heterocycles. The number of aromatic nitrogens is 1. The zero-order valence-electron chi connectivity index (χ0n) is 7.62. The van der Waals surface area contributed by atoms with Crippen molar-refractivity contribution in [3.05, 3.63) is 12.0 Å². The highest BCUT2D eigenvalue weighted by Crippen LogP contribution is 2.32. The SMILES string of the molecule is Nc1c(OC(F)(F)F)cnc(S(=O)(=O)Cl)c1F. The molecule has 0 fully saturated rings. The van der Waals surface area contributed by atoms with E-state index in [2.05, 4.69) is 9.72 Å². The standard InChI is InChI=1S/C6H3ClF4N2O3S/c7-17(14,15)5-3(8)4(12)2(1-13-5)16-6(9,10)11/h1H,(H2,12,13). The minimum Gasteiger partial charge on any atom is -0.402 e. The molecular weight excluding hydrogens is 292 g/mol. The molecule has 2 N–H and O–H groups in total. The molecule has 1 rings (SSSR count). The molecule has 1 heterocycles. The van der Waals surface area contributed by atoms with Gasteiger partial charge >= 0.3 is 6.36 Å². The summed E-state index contributed by atoms with van der Waals surface area (Å²) in [7, 11) is 0.225. The molecule has 11 heteroatoms. The number of hydrogen-bond donors (Lipinski definition) is 1. The van der Waals surface area contributed by atoms with Crippen LogP contribution in [0.15, 0.2) is 11.2 Å². The molecule has 0 saturated carbocycles. The molecule has 1 aromatic rings. The number of nitrogens with zero attached hydrogens (tertiary/aromatic N) is 1. The van der Waals surface area contributed by atoms with E-state index >= 15 is 0 Å². The third-order valence-corrected chi connectivity index (χ3v) is 2.63. The van der Waals surface area contributed by atoms with Crippen LogP contribution in [0.3, 0.4) is 0 Å². The summed E-state index contributed by atoms with van der Waals surface area (Å²) in [5, 5.41) is -1.27. The van der Waals surface area contributed by atoms with E-state index in [1.165, 1.54) is 0 Å². The van der Waals surface area contributed by atoms with Crippen molar-refractivity contribution in [2.45, 2.75) is 11.4 Å². The second-order valence-electron chi connectivity index (χ2n) is 2.64. The molecule has 0 unspecified atom stereocenters. The van der Waals surface area contributed by atoms with Crippen LogP contribution in [0.25, 0.3) is 0 Å². The highest BCUT2D eigenvalue weighted by atomic mass is 35.7. The predicted molar refractivity (Wildman–Crippen MR) is 48.3 cm³/mol. The van der Waals surface area contributed by atoms with E-state index in [0.717, 1.165) is 0 Å². The summed E-state index contributed by atoms with van der Waals surface area (Å²) in [6.07, 6.45) is -4.80. The van der Waals surface area contributed by atoms with E-state index in [1.54, 1.807) is 0 Å². The fourth-order valence-corrected chi connectivity index (χ4v) is 1.67. The van der Waals surface area contributed by atoms with E-state index in [1.807, 2.05) is 0 Å². The summed E-state index contributed by atoms with van der Waals surface area (Å²) < 4.78 is 73.5. The van der Waals surface area contributed by atoms with Crippen molar-refractivity contribution >= 4 is 25.4 Å². The predicted octanol–water partition coefficient (Wildman–Crippen LogP) is 1.63. The Labute approximate surface area is 96.6 Å². The van der Waals surface area contributed by atoms with Crippen molar-refractivity contribution in [1.82, 2.24) is 4.98 Å². The van der Waals surface area contributed by atoms with Crippen molar-refractivity contribution < 1.29 is 30.7 Å². The minimum atomic E-state index is -5.11. The molecular formula is C6H3ClF4N2O3S. The van der Waals surface area contributed by atoms with Gasteiger partial charge in [-0.3, -0.25) is 0 Å². The summed E-state index contributed by atoms with van der Waals surface area (Å²) >= 11 is 0. The number of halogens is 5. The number of nitrogen functional groups attached to an aromatic ring is 1. The first-order valence-electron chi connectivity index (χ1n) is 3.67. The molecule has 5 nitrogen and oxygen atoms in total. The largest absolute Gasteiger partial charge is 0.573 e. The number of pyridine rings is 1. The molecule has 0 amide bonds. The quantitative estimate of drug-likeness (QED) is 0.662. The zero-order chi connectivity index (χ0) is 13.4. The summed E-state index contributed by atoms with van der Waals surface area (Å²) in [5.74, 6) is -2.86. The van der Waals surface area contributed by atoms with Gasteiger partial charge in [-0.1, -0.05) is 0 Å². The maximum atomic E-state index is 13.2. The van der Waals surface area contributed by atoms with Crippen molar-refractivity contribution in [2.75, 3.05) is 5.73 Å². The number of ether oxygens (including phenoxy) is 1. The number of alkyl halides is 3. The average molecular weight is 295 g/mol. The Balaban J connectivity index is 3.30. The van der Waals surface area contributed by atoms with Crippen LogP contribution in [0.4, 0.5) is 23.2 Å². The molecule has 96 valence electrons. The number of anilines is 1. The highest BCUT2D eigenvalue weighted by Gasteiger charge is 2.34. The molecule has 0 aliphatic carbocycles. The van der Waals surface area contributed by atoms with Crippen molar-refractivity contribution in [3.8, 4) is 5.75 Å². The van der Waals surface area contributed by atoms with Crippen molar-refractivity contribution in [2.24, 2.45) is 0 Å². The molecule has 0 spiro atoms. The van der Waals surface area contributed by atoms with Gasteiger partial charge in [-0.05, 0) is 0 Å². The Kier molecular flexibility index (Phi) is 3.39. The van der Waals surface area contributed by atoms with Crippen molar-refractivity contribution in [1.29, 1.82) is 0 Å². The van der Waals surface area contributed by atoms with Crippen LogP contribution in [0.2, 0.25) is 0 Å². The van der Waals surface area contributed by atoms with Crippen LogP contribution in [-0.4, -0.2) is 19.8 Å². The average Bonchev–Trinajstić information content (AvgIpc) is 2.08.